The predicted octanol–water partition coefficient (Wildman–Crippen LogP) is 3.17. The van der Waals surface area contributed by atoms with Gasteiger partial charge in [-0.15, -0.1) is 11.8 Å². The highest BCUT2D eigenvalue weighted by Gasteiger charge is 2.00. The molecule has 0 amide bonds. The van der Waals surface area contributed by atoms with E-state index in [0.717, 1.165) is 23.0 Å². The average molecular weight is 233 g/mol. The molecule has 16 heavy (non-hydrogen) atoms. The number of benzene rings is 1. The molecule has 0 spiro atoms. The zero-order valence-electron chi connectivity index (χ0n) is 9.06. The summed E-state index contributed by atoms with van der Waals surface area (Å²) < 4.78 is 5.52. The van der Waals surface area contributed by atoms with Crippen LogP contribution in [0.15, 0.2) is 46.9 Å². The lowest BCUT2D eigenvalue weighted by Crippen LogP contribution is -1.92. The summed E-state index contributed by atoms with van der Waals surface area (Å²) in [6.45, 7) is 0.476. The Morgan fingerprint density at radius 2 is 1.69 bits per heavy atom. The Hall–Kier alpha value is -1.19. The molecule has 2 rings (SSSR count). The van der Waals surface area contributed by atoms with Gasteiger partial charge in [-0.25, -0.2) is 0 Å². The normalized spacial score (nSPS) is 10.6. The molecule has 0 saturated heterocycles. The van der Waals surface area contributed by atoms with Gasteiger partial charge < -0.3 is 10.2 Å². The molecule has 2 nitrogen and oxygen atoms in total. The fourth-order valence-electron chi connectivity index (χ4n) is 1.45. The summed E-state index contributed by atoms with van der Waals surface area (Å²) in [5.74, 6) is 3.77. The summed E-state index contributed by atoms with van der Waals surface area (Å²) in [5, 5.41) is 0. The lowest BCUT2D eigenvalue weighted by molar-refractivity contribution is 0.482. The molecule has 3 heteroatoms. The van der Waals surface area contributed by atoms with Crippen molar-refractivity contribution in [1.82, 2.24) is 0 Å². The summed E-state index contributed by atoms with van der Waals surface area (Å²) in [6.07, 6.45) is 0. The minimum absolute atomic E-state index is 0.476. The van der Waals surface area contributed by atoms with Crippen molar-refractivity contribution in [3.8, 4) is 0 Å². The molecule has 0 saturated carbocycles. The first-order chi connectivity index (χ1) is 7.88. The Bertz CT molecular complexity index is 425. The second-order valence-electron chi connectivity index (χ2n) is 3.55. The van der Waals surface area contributed by atoms with Crippen LogP contribution in [0.2, 0.25) is 0 Å². The Balaban J connectivity index is 1.80. The first-order valence-electron chi connectivity index (χ1n) is 5.28. The molecular formula is C13H15NOS. The summed E-state index contributed by atoms with van der Waals surface area (Å²) in [4.78, 5) is 0. The van der Waals surface area contributed by atoms with Gasteiger partial charge >= 0.3 is 0 Å². The highest BCUT2D eigenvalue weighted by molar-refractivity contribution is 7.97. The van der Waals surface area contributed by atoms with Crippen molar-refractivity contribution in [2.75, 3.05) is 0 Å². The van der Waals surface area contributed by atoms with Crippen molar-refractivity contribution in [2.24, 2.45) is 5.73 Å². The van der Waals surface area contributed by atoms with Crippen molar-refractivity contribution in [3.05, 3.63) is 59.5 Å². The molecule has 0 aliphatic heterocycles. The molecule has 0 radical (unpaired) electrons. The Kier molecular flexibility index (Phi) is 4.08. The Labute approximate surface area is 99.8 Å². The maximum atomic E-state index is 5.52. The monoisotopic (exact) mass is 233 g/mol. The SMILES string of the molecule is NCc1ccc(CSCc2ccccc2)o1. The van der Waals surface area contributed by atoms with Gasteiger partial charge in [0.2, 0.25) is 0 Å². The van der Waals surface area contributed by atoms with E-state index in [1.807, 2.05) is 30.0 Å². The van der Waals surface area contributed by atoms with E-state index in [-0.39, 0.29) is 0 Å². The smallest absolute Gasteiger partial charge is 0.117 e. The first-order valence-corrected chi connectivity index (χ1v) is 6.43. The van der Waals surface area contributed by atoms with E-state index in [1.54, 1.807) is 0 Å². The highest BCUT2D eigenvalue weighted by atomic mass is 32.2. The number of nitrogens with two attached hydrogens (primary N) is 1. The zero-order chi connectivity index (χ0) is 11.2. The molecule has 0 atom stereocenters. The third-order valence-electron chi connectivity index (χ3n) is 2.27. The number of hydrogen-bond donors (Lipinski definition) is 1. The Morgan fingerprint density at radius 3 is 2.38 bits per heavy atom. The molecule has 1 heterocycles. The van der Waals surface area contributed by atoms with E-state index in [4.69, 9.17) is 10.2 Å². The molecule has 0 aliphatic carbocycles. The van der Waals surface area contributed by atoms with Crippen molar-refractivity contribution in [2.45, 2.75) is 18.1 Å². The van der Waals surface area contributed by atoms with Gasteiger partial charge in [-0.3, -0.25) is 0 Å². The van der Waals surface area contributed by atoms with Crippen LogP contribution in [0.5, 0.6) is 0 Å². The summed E-state index contributed by atoms with van der Waals surface area (Å²) in [5.41, 5.74) is 6.83. The third kappa shape index (κ3) is 3.15. The number of furan rings is 1. The molecule has 1 aromatic heterocycles. The second kappa shape index (κ2) is 5.77. The fourth-order valence-corrected chi connectivity index (χ4v) is 2.34. The zero-order valence-corrected chi connectivity index (χ0v) is 9.87. The van der Waals surface area contributed by atoms with Gasteiger partial charge in [0.15, 0.2) is 0 Å². The van der Waals surface area contributed by atoms with Gasteiger partial charge in [-0.1, -0.05) is 30.3 Å². The van der Waals surface area contributed by atoms with E-state index in [1.165, 1.54) is 5.56 Å². The van der Waals surface area contributed by atoms with Crippen molar-refractivity contribution in [1.29, 1.82) is 0 Å². The van der Waals surface area contributed by atoms with Crippen molar-refractivity contribution < 1.29 is 4.42 Å². The molecule has 0 aliphatic rings. The minimum atomic E-state index is 0.476. The minimum Gasteiger partial charge on any atom is -0.464 e. The van der Waals surface area contributed by atoms with Gasteiger partial charge in [0, 0.05) is 5.75 Å². The molecule has 2 N–H and O–H groups in total. The van der Waals surface area contributed by atoms with E-state index in [9.17, 15) is 0 Å². The number of rotatable bonds is 5. The van der Waals surface area contributed by atoms with Gasteiger partial charge in [-0.05, 0) is 17.7 Å². The Morgan fingerprint density at radius 1 is 0.938 bits per heavy atom. The molecular weight excluding hydrogens is 218 g/mol. The van der Waals surface area contributed by atoms with Crippen molar-refractivity contribution in [3.63, 3.8) is 0 Å². The van der Waals surface area contributed by atoms with Crippen LogP contribution in [0, 0.1) is 0 Å². The van der Waals surface area contributed by atoms with Gasteiger partial charge in [-0.2, -0.15) is 0 Å². The van der Waals surface area contributed by atoms with Gasteiger partial charge in [0.25, 0.3) is 0 Å². The van der Waals surface area contributed by atoms with E-state index < -0.39 is 0 Å². The van der Waals surface area contributed by atoms with Gasteiger partial charge in [0.05, 0.1) is 12.3 Å². The van der Waals surface area contributed by atoms with E-state index in [2.05, 4.69) is 24.3 Å². The fraction of sp³-hybridized carbons (Fsp3) is 0.231. The van der Waals surface area contributed by atoms with Crippen molar-refractivity contribution >= 4 is 11.8 Å². The number of thioether (sulfide) groups is 1. The molecule has 2 aromatic rings. The number of hydrogen-bond acceptors (Lipinski definition) is 3. The molecule has 1 aromatic carbocycles. The standard InChI is InChI=1S/C13H15NOS/c14-8-12-6-7-13(15-12)10-16-9-11-4-2-1-3-5-11/h1-7H,8-10,14H2. The molecule has 0 fully saturated rings. The van der Waals surface area contributed by atoms with Crippen LogP contribution in [0.4, 0.5) is 0 Å². The van der Waals surface area contributed by atoms with Crippen LogP contribution in [-0.2, 0) is 18.1 Å². The average Bonchev–Trinajstić information content (AvgIpc) is 2.78. The van der Waals surface area contributed by atoms with Crippen LogP contribution >= 0.6 is 11.8 Å². The summed E-state index contributed by atoms with van der Waals surface area (Å²) in [7, 11) is 0. The maximum Gasteiger partial charge on any atom is 0.117 e. The molecule has 0 unspecified atom stereocenters. The lowest BCUT2D eigenvalue weighted by atomic mass is 10.2. The van der Waals surface area contributed by atoms with Crippen LogP contribution in [0.3, 0.4) is 0 Å². The van der Waals surface area contributed by atoms with Crippen LogP contribution in [0.1, 0.15) is 17.1 Å². The molecule has 84 valence electrons. The quantitative estimate of drug-likeness (QED) is 0.862. The lowest BCUT2D eigenvalue weighted by Gasteiger charge is -1.99. The maximum absolute atomic E-state index is 5.52. The van der Waals surface area contributed by atoms with Crippen LogP contribution in [0.25, 0.3) is 0 Å². The van der Waals surface area contributed by atoms with Gasteiger partial charge in [0.1, 0.15) is 11.5 Å². The summed E-state index contributed by atoms with van der Waals surface area (Å²) >= 11 is 1.85. The predicted molar refractivity (Wildman–Crippen MR) is 68.0 cm³/mol. The highest BCUT2D eigenvalue weighted by Crippen LogP contribution is 2.19. The molecule has 0 bridgehead atoms. The third-order valence-corrected chi connectivity index (χ3v) is 3.30. The second-order valence-corrected chi connectivity index (χ2v) is 4.54. The first kappa shape index (κ1) is 11.3. The van der Waals surface area contributed by atoms with E-state index in [0.29, 0.717) is 6.54 Å². The van der Waals surface area contributed by atoms with Crippen LogP contribution < -0.4 is 5.73 Å². The van der Waals surface area contributed by atoms with Crippen LogP contribution in [-0.4, -0.2) is 0 Å². The van der Waals surface area contributed by atoms with E-state index >= 15 is 0 Å². The largest absolute Gasteiger partial charge is 0.464 e. The topological polar surface area (TPSA) is 39.2 Å². The summed E-state index contributed by atoms with van der Waals surface area (Å²) in [6, 6.07) is 14.4.